The van der Waals surface area contributed by atoms with E-state index in [2.05, 4.69) is 21.7 Å². The predicted octanol–water partition coefficient (Wildman–Crippen LogP) is 0.937. The lowest BCUT2D eigenvalue weighted by Gasteiger charge is -2.16. The van der Waals surface area contributed by atoms with Crippen LogP contribution in [0.4, 0.5) is 0 Å². The van der Waals surface area contributed by atoms with Crippen molar-refractivity contribution in [2.45, 2.75) is 37.8 Å². The summed E-state index contributed by atoms with van der Waals surface area (Å²) < 4.78 is 0. The van der Waals surface area contributed by atoms with E-state index >= 15 is 0 Å². The first-order valence-electron chi connectivity index (χ1n) is 6.29. The van der Waals surface area contributed by atoms with Gasteiger partial charge < -0.3 is 10.6 Å². The van der Waals surface area contributed by atoms with Gasteiger partial charge in [-0.3, -0.25) is 9.78 Å². The summed E-state index contributed by atoms with van der Waals surface area (Å²) >= 11 is 0. The Labute approximate surface area is 101 Å². The number of nitrogens with one attached hydrogen (secondary N) is 2. The third-order valence-electron chi connectivity index (χ3n) is 3.65. The average Bonchev–Trinajstić information content (AvgIpc) is 2.93. The van der Waals surface area contributed by atoms with Crippen LogP contribution < -0.4 is 10.6 Å². The van der Waals surface area contributed by atoms with Gasteiger partial charge in [-0.25, -0.2) is 0 Å². The summed E-state index contributed by atoms with van der Waals surface area (Å²) in [6.07, 6.45) is 5.71. The third-order valence-corrected chi connectivity index (χ3v) is 3.65. The van der Waals surface area contributed by atoms with E-state index in [4.69, 9.17) is 0 Å². The second-order valence-electron chi connectivity index (χ2n) is 4.85. The van der Waals surface area contributed by atoms with E-state index < -0.39 is 0 Å². The van der Waals surface area contributed by atoms with Crippen LogP contribution >= 0.6 is 0 Å². The molecule has 1 aromatic rings. The van der Waals surface area contributed by atoms with Gasteiger partial charge >= 0.3 is 0 Å². The molecule has 2 unspecified atom stereocenters. The summed E-state index contributed by atoms with van der Waals surface area (Å²) in [5, 5.41) is 6.50. The molecule has 2 heterocycles. The van der Waals surface area contributed by atoms with Crippen molar-refractivity contribution in [2.24, 2.45) is 0 Å². The molecule has 90 valence electrons. The summed E-state index contributed by atoms with van der Waals surface area (Å²) in [5.74, 6) is 0.182. The average molecular weight is 231 g/mol. The van der Waals surface area contributed by atoms with Crippen LogP contribution in [0, 0.1) is 0 Å². The fourth-order valence-corrected chi connectivity index (χ4v) is 2.73. The summed E-state index contributed by atoms with van der Waals surface area (Å²) in [4.78, 5) is 15.5. The van der Waals surface area contributed by atoms with Crippen LogP contribution in [0.3, 0.4) is 0 Å². The van der Waals surface area contributed by atoms with Crippen LogP contribution in [-0.4, -0.2) is 23.5 Å². The van der Waals surface area contributed by atoms with Gasteiger partial charge in [0.15, 0.2) is 0 Å². The maximum Gasteiger partial charge on any atom is 0.220 e. The maximum atomic E-state index is 11.1. The highest BCUT2D eigenvalue weighted by atomic mass is 16.1. The minimum atomic E-state index is 0.182. The summed E-state index contributed by atoms with van der Waals surface area (Å²) in [5.41, 5.74) is 2.55. The van der Waals surface area contributed by atoms with Crippen LogP contribution in [0.2, 0.25) is 0 Å². The molecule has 17 heavy (non-hydrogen) atoms. The van der Waals surface area contributed by atoms with E-state index in [9.17, 15) is 4.79 Å². The van der Waals surface area contributed by atoms with Crippen molar-refractivity contribution in [1.82, 2.24) is 15.6 Å². The van der Waals surface area contributed by atoms with Crippen molar-refractivity contribution in [1.29, 1.82) is 0 Å². The van der Waals surface area contributed by atoms with Crippen molar-refractivity contribution in [3.63, 3.8) is 0 Å². The smallest absolute Gasteiger partial charge is 0.220 e. The van der Waals surface area contributed by atoms with Crippen molar-refractivity contribution >= 4 is 5.91 Å². The molecule has 2 atom stereocenters. The number of carbonyl (C=O) groups excluding carboxylic acids is 1. The van der Waals surface area contributed by atoms with Gasteiger partial charge in [0.2, 0.25) is 5.91 Å². The number of hydrogen-bond donors (Lipinski definition) is 2. The van der Waals surface area contributed by atoms with Crippen LogP contribution in [-0.2, 0) is 11.2 Å². The fourth-order valence-electron chi connectivity index (χ4n) is 2.73. The van der Waals surface area contributed by atoms with E-state index in [1.54, 1.807) is 0 Å². The number of carbonyl (C=O) groups is 1. The Kier molecular flexibility index (Phi) is 2.81. The van der Waals surface area contributed by atoms with E-state index in [0.717, 1.165) is 25.8 Å². The zero-order chi connectivity index (χ0) is 11.7. The monoisotopic (exact) mass is 231 g/mol. The second-order valence-corrected chi connectivity index (χ2v) is 4.85. The van der Waals surface area contributed by atoms with Crippen LogP contribution in [0.5, 0.6) is 0 Å². The molecule has 0 radical (unpaired) electrons. The quantitative estimate of drug-likeness (QED) is 0.814. The first-order chi connectivity index (χ1) is 8.33. The predicted molar refractivity (Wildman–Crippen MR) is 64.5 cm³/mol. The Balaban J connectivity index is 1.59. The summed E-state index contributed by atoms with van der Waals surface area (Å²) in [7, 11) is 0. The Morgan fingerprint density at radius 2 is 2.35 bits per heavy atom. The van der Waals surface area contributed by atoms with Gasteiger partial charge in [-0.2, -0.15) is 0 Å². The van der Waals surface area contributed by atoms with Gasteiger partial charge in [-0.1, -0.05) is 6.07 Å². The molecule has 0 saturated carbocycles. The molecule has 0 spiro atoms. The fraction of sp³-hybridized carbons (Fsp3) is 0.538. The molecule has 0 bridgehead atoms. The van der Waals surface area contributed by atoms with Crippen molar-refractivity contribution in [3.8, 4) is 0 Å². The molecular formula is C13H17N3O. The molecule has 4 heteroatoms. The molecular weight excluding hydrogens is 214 g/mol. The molecule has 2 aliphatic rings. The molecule has 1 amide bonds. The van der Waals surface area contributed by atoms with Gasteiger partial charge in [0.25, 0.3) is 0 Å². The third kappa shape index (κ3) is 2.17. The summed E-state index contributed by atoms with van der Waals surface area (Å²) in [6, 6.07) is 4.82. The lowest BCUT2D eigenvalue weighted by molar-refractivity contribution is -0.119. The molecule has 4 nitrogen and oxygen atoms in total. The lowest BCUT2D eigenvalue weighted by atomic mass is 10.2. The Bertz CT molecular complexity index is 432. The number of amides is 1. The van der Waals surface area contributed by atoms with Crippen molar-refractivity contribution < 1.29 is 4.79 Å². The summed E-state index contributed by atoms with van der Waals surface area (Å²) in [6.45, 7) is 0.854. The molecule has 3 rings (SSSR count). The standard InChI is InChI=1S/C13H17N3O/c17-12-6-4-10(16-12)8-15-11-5-3-9-2-1-7-14-13(9)11/h1-2,7,10-11,15H,3-6,8H2,(H,16,17). The highest BCUT2D eigenvalue weighted by molar-refractivity contribution is 5.78. The Morgan fingerprint density at radius 3 is 3.18 bits per heavy atom. The Hall–Kier alpha value is -1.42. The SMILES string of the molecule is O=C1CCC(CNC2CCc3cccnc32)N1. The topological polar surface area (TPSA) is 54.0 Å². The lowest BCUT2D eigenvalue weighted by Crippen LogP contribution is -2.37. The minimum Gasteiger partial charge on any atom is -0.352 e. The van der Waals surface area contributed by atoms with Crippen LogP contribution in [0.15, 0.2) is 18.3 Å². The van der Waals surface area contributed by atoms with Gasteiger partial charge in [-0.15, -0.1) is 0 Å². The first kappa shape index (κ1) is 10.7. The zero-order valence-corrected chi connectivity index (χ0v) is 9.78. The highest BCUT2D eigenvalue weighted by Gasteiger charge is 2.26. The molecule has 1 aliphatic carbocycles. The number of hydrogen-bond acceptors (Lipinski definition) is 3. The van der Waals surface area contributed by atoms with Crippen LogP contribution in [0.25, 0.3) is 0 Å². The zero-order valence-electron chi connectivity index (χ0n) is 9.78. The molecule has 1 saturated heterocycles. The van der Waals surface area contributed by atoms with Gasteiger partial charge in [-0.05, 0) is 30.9 Å². The number of aromatic nitrogens is 1. The first-order valence-corrected chi connectivity index (χ1v) is 6.29. The molecule has 1 fully saturated rings. The van der Waals surface area contributed by atoms with Gasteiger partial charge in [0.1, 0.15) is 0 Å². The Morgan fingerprint density at radius 1 is 1.41 bits per heavy atom. The molecule has 1 aromatic heterocycles. The van der Waals surface area contributed by atoms with E-state index in [-0.39, 0.29) is 5.91 Å². The number of rotatable bonds is 3. The molecule has 2 N–H and O–H groups in total. The normalized spacial score (nSPS) is 26.9. The second kappa shape index (κ2) is 4.45. The largest absolute Gasteiger partial charge is 0.352 e. The number of pyridine rings is 1. The maximum absolute atomic E-state index is 11.1. The minimum absolute atomic E-state index is 0.182. The molecule has 0 aromatic carbocycles. The van der Waals surface area contributed by atoms with E-state index in [0.29, 0.717) is 18.5 Å². The number of aryl methyl sites for hydroxylation is 1. The molecule has 1 aliphatic heterocycles. The van der Waals surface area contributed by atoms with Crippen LogP contribution in [0.1, 0.15) is 36.6 Å². The van der Waals surface area contributed by atoms with Crippen molar-refractivity contribution in [3.05, 3.63) is 29.6 Å². The van der Waals surface area contributed by atoms with E-state index in [1.165, 1.54) is 11.3 Å². The highest BCUT2D eigenvalue weighted by Crippen LogP contribution is 2.28. The van der Waals surface area contributed by atoms with E-state index in [1.807, 2.05) is 12.3 Å². The van der Waals surface area contributed by atoms with Gasteiger partial charge in [0.05, 0.1) is 11.7 Å². The van der Waals surface area contributed by atoms with Gasteiger partial charge in [0, 0.05) is 25.2 Å². The van der Waals surface area contributed by atoms with Crippen molar-refractivity contribution in [2.75, 3.05) is 6.54 Å². The number of fused-ring (bicyclic) bond motifs is 1. The number of nitrogens with zero attached hydrogens (tertiary/aromatic N) is 1.